The number of nitriles is 1. The first-order valence-electron chi connectivity index (χ1n) is 8.40. The Balaban J connectivity index is 1.88. The van der Waals surface area contributed by atoms with E-state index < -0.39 is 0 Å². The molecule has 1 heterocycles. The molecule has 0 aromatic heterocycles. The topological polar surface area (TPSA) is 56.1 Å². The Hall–Kier alpha value is -2.51. The van der Waals surface area contributed by atoms with Gasteiger partial charge in [0, 0.05) is 17.6 Å². The van der Waals surface area contributed by atoms with Gasteiger partial charge < -0.3 is 10.2 Å². The molecule has 2 unspecified atom stereocenters. The van der Waals surface area contributed by atoms with Gasteiger partial charge in [0.15, 0.2) is 0 Å². The largest absolute Gasteiger partial charge is 0.359 e. The number of nitrogens with one attached hydrogen (secondary N) is 1. The molecule has 1 saturated heterocycles. The molecule has 5 heteroatoms. The number of benzene rings is 2. The van der Waals surface area contributed by atoms with Gasteiger partial charge in [0.1, 0.15) is 12.6 Å². The third kappa shape index (κ3) is 4.12. The average Bonchev–Trinajstić information content (AvgIpc) is 2.67. The molecule has 1 amide bonds. The van der Waals surface area contributed by atoms with Gasteiger partial charge in [-0.3, -0.25) is 4.79 Å². The van der Waals surface area contributed by atoms with E-state index in [1.54, 1.807) is 0 Å². The van der Waals surface area contributed by atoms with Crippen LogP contribution in [-0.4, -0.2) is 30.4 Å². The molecule has 25 heavy (non-hydrogen) atoms. The van der Waals surface area contributed by atoms with Crippen molar-refractivity contribution in [3.05, 3.63) is 54.6 Å². The molecular formula is C20H20ClN3O. The summed E-state index contributed by atoms with van der Waals surface area (Å²) < 4.78 is 0. The van der Waals surface area contributed by atoms with Crippen LogP contribution in [0.2, 0.25) is 0 Å². The fraction of sp³-hybridized carbons (Fsp3) is 0.300. The summed E-state index contributed by atoms with van der Waals surface area (Å²) in [6.07, 6.45) is 1.41. The minimum absolute atomic E-state index is 0.0141. The number of carbonyl (C=O) groups is 1. The zero-order valence-corrected chi connectivity index (χ0v) is 14.6. The van der Waals surface area contributed by atoms with Crippen LogP contribution in [0.1, 0.15) is 12.8 Å². The number of hydrogen-bond acceptors (Lipinski definition) is 3. The van der Waals surface area contributed by atoms with Gasteiger partial charge in [-0.15, -0.1) is 11.6 Å². The van der Waals surface area contributed by atoms with Crippen molar-refractivity contribution in [2.75, 3.05) is 18.0 Å². The van der Waals surface area contributed by atoms with E-state index in [9.17, 15) is 4.79 Å². The van der Waals surface area contributed by atoms with Gasteiger partial charge in [0.25, 0.3) is 0 Å². The third-order valence-corrected chi connectivity index (χ3v) is 4.86. The number of carbonyl (C=O) groups excluding carboxylic acids is 1. The zero-order valence-electron chi connectivity index (χ0n) is 13.9. The second-order valence-electron chi connectivity index (χ2n) is 6.12. The van der Waals surface area contributed by atoms with Crippen LogP contribution in [0.5, 0.6) is 0 Å². The van der Waals surface area contributed by atoms with Crippen molar-refractivity contribution >= 4 is 23.2 Å². The van der Waals surface area contributed by atoms with Gasteiger partial charge in [-0.25, -0.2) is 0 Å². The van der Waals surface area contributed by atoms with E-state index >= 15 is 0 Å². The first kappa shape index (κ1) is 17.3. The molecule has 1 aliphatic heterocycles. The molecule has 3 rings (SSSR count). The molecule has 1 aliphatic rings. The van der Waals surface area contributed by atoms with Crippen LogP contribution in [0.4, 0.5) is 5.69 Å². The van der Waals surface area contributed by atoms with Gasteiger partial charge in [-0.05, 0) is 36.1 Å². The van der Waals surface area contributed by atoms with E-state index in [0.29, 0.717) is 6.42 Å². The van der Waals surface area contributed by atoms with Crippen LogP contribution in [0.15, 0.2) is 54.6 Å². The maximum atomic E-state index is 12.5. The number of anilines is 1. The summed E-state index contributed by atoms with van der Waals surface area (Å²) in [5.41, 5.74) is 3.26. The van der Waals surface area contributed by atoms with Gasteiger partial charge in [0.2, 0.25) is 5.91 Å². The molecule has 4 nitrogen and oxygen atoms in total. The molecule has 2 aromatic rings. The van der Waals surface area contributed by atoms with Crippen molar-refractivity contribution in [2.45, 2.75) is 24.3 Å². The summed E-state index contributed by atoms with van der Waals surface area (Å²) in [7, 11) is 0. The fourth-order valence-corrected chi connectivity index (χ4v) is 3.49. The lowest BCUT2D eigenvalue weighted by molar-refractivity contribution is -0.122. The molecule has 1 fully saturated rings. The van der Waals surface area contributed by atoms with Crippen molar-refractivity contribution in [3.8, 4) is 17.2 Å². The van der Waals surface area contributed by atoms with E-state index in [4.69, 9.17) is 16.9 Å². The first-order valence-corrected chi connectivity index (χ1v) is 8.83. The lowest BCUT2D eigenvalue weighted by Crippen LogP contribution is -2.52. The van der Waals surface area contributed by atoms with Gasteiger partial charge in [-0.1, -0.05) is 42.5 Å². The molecule has 0 spiro atoms. The minimum atomic E-state index is -0.351. The highest BCUT2D eigenvalue weighted by Crippen LogP contribution is 2.30. The summed E-state index contributed by atoms with van der Waals surface area (Å²) in [6, 6.07) is 20.0. The summed E-state index contributed by atoms with van der Waals surface area (Å²) in [6.45, 7) is 0.733. The van der Waals surface area contributed by atoms with Gasteiger partial charge >= 0.3 is 0 Å². The normalized spacial score (nSPS) is 19.9. The Kier molecular flexibility index (Phi) is 5.57. The number of hydrogen-bond donors (Lipinski definition) is 1. The van der Waals surface area contributed by atoms with E-state index in [1.165, 1.54) is 0 Å². The predicted octanol–water partition coefficient (Wildman–Crippen LogP) is 3.57. The summed E-state index contributed by atoms with van der Waals surface area (Å²) in [5, 5.41) is 11.4. The van der Waals surface area contributed by atoms with Crippen molar-refractivity contribution in [1.29, 1.82) is 5.26 Å². The highest BCUT2D eigenvalue weighted by molar-refractivity contribution is 6.21. The zero-order chi connectivity index (χ0) is 17.6. The van der Waals surface area contributed by atoms with Crippen LogP contribution in [0.3, 0.4) is 0 Å². The lowest BCUT2D eigenvalue weighted by Gasteiger charge is -2.38. The van der Waals surface area contributed by atoms with Crippen molar-refractivity contribution in [3.63, 3.8) is 0 Å². The Labute approximate surface area is 153 Å². The number of amides is 1. The van der Waals surface area contributed by atoms with Crippen LogP contribution >= 0.6 is 11.6 Å². The second kappa shape index (κ2) is 8.04. The Morgan fingerprint density at radius 3 is 2.72 bits per heavy atom. The van der Waals surface area contributed by atoms with Gasteiger partial charge in [0.05, 0.1) is 6.07 Å². The van der Waals surface area contributed by atoms with Crippen LogP contribution in [0, 0.1) is 11.3 Å². The van der Waals surface area contributed by atoms with E-state index in [2.05, 4.69) is 34.5 Å². The van der Waals surface area contributed by atoms with E-state index in [-0.39, 0.29) is 23.9 Å². The SMILES string of the molecule is N#CCNC(=O)C1CC(Cl)CCN1c1cccc(-c2ccccc2)c1. The van der Waals surface area contributed by atoms with Crippen LogP contribution in [0.25, 0.3) is 11.1 Å². The number of alkyl halides is 1. The molecule has 0 radical (unpaired) electrons. The Bertz CT molecular complexity index is 772. The first-order chi connectivity index (χ1) is 12.2. The van der Waals surface area contributed by atoms with E-state index in [0.717, 1.165) is 29.8 Å². The maximum Gasteiger partial charge on any atom is 0.243 e. The van der Waals surface area contributed by atoms with Crippen molar-refractivity contribution < 1.29 is 4.79 Å². The highest BCUT2D eigenvalue weighted by Gasteiger charge is 2.32. The standard InChI is InChI=1S/C20H20ClN3O/c21-17-9-12-24(19(14-17)20(25)23-11-10-22)18-8-4-7-16(13-18)15-5-2-1-3-6-15/h1-8,13,17,19H,9,11-12,14H2,(H,23,25). The number of piperidine rings is 1. The second-order valence-corrected chi connectivity index (χ2v) is 6.74. The number of halogens is 1. The van der Waals surface area contributed by atoms with Crippen LogP contribution in [-0.2, 0) is 4.79 Å². The monoisotopic (exact) mass is 353 g/mol. The summed E-state index contributed by atoms with van der Waals surface area (Å²) in [4.78, 5) is 14.6. The molecule has 1 N–H and O–H groups in total. The molecule has 2 atom stereocenters. The number of nitrogens with zero attached hydrogens (tertiary/aromatic N) is 2. The quantitative estimate of drug-likeness (QED) is 0.675. The van der Waals surface area contributed by atoms with E-state index in [1.807, 2.05) is 36.4 Å². The predicted molar refractivity (Wildman–Crippen MR) is 101 cm³/mol. The molecule has 0 bridgehead atoms. The summed E-state index contributed by atoms with van der Waals surface area (Å²) >= 11 is 6.30. The lowest BCUT2D eigenvalue weighted by atomic mass is 9.98. The molecule has 0 aliphatic carbocycles. The minimum Gasteiger partial charge on any atom is -0.359 e. The molecule has 2 aromatic carbocycles. The van der Waals surface area contributed by atoms with Crippen molar-refractivity contribution in [2.24, 2.45) is 0 Å². The maximum absolute atomic E-state index is 12.5. The average molecular weight is 354 g/mol. The smallest absolute Gasteiger partial charge is 0.243 e. The number of rotatable bonds is 4. The van der Waals surface area contributed by atoms with Gasteiger partial charge in [-0.2, -0.15) is 5.26 Å². The fourth-order valence-electron chi connectivity index (χ4n) is 3.22. The third-order valence-electron chi connectivity index (χ3n) is 4.47. The molecular weight excluding hydrogens is 334 g/mol. The molecule has 0 saturated carbocycles. The van der Waals surface area contributed by atoms with Crippen LogP contribution < -0.4 is 10.2 Å². The highest BCUT2D eigenvalue weighted by atomic mass is 35.5. The summed E-state index contributed by atoms with van der Waals surface area (Å²) in [5.74, 6) is -0.142. The Morgan fingerprint density at radius 1 is 1.20 bits per heavy atom. The molecule has 128 valence electrons. The van der Waals surface area contributed by atoms with Crippen molar-refractivity contribution in [1.82, 2.24) is 5.32 Å². The Morgan fingerprint density at radius 2 is 1.96 bits per heavy atom.